The Hall–Kier alpha value is -2.66. The van der Waals surface area contributed by atoms with Crippen molar-refractivity contribution in [2.75, 3.05) is 0 Å². The van der Waals surface area contributed by atoms with Gasteiger partial charge in [0.2, 0.25) is 0 Å². The van der Waals surface area contributed by atoms with Crippen molar-refractivity contribution in [3.8, 4) is 22.5 Å². The number of rotatable bonds is 2. The molecular formula is C20H18ClN5. The largest absolute Gasteiger partial charge is 0.327 e. The van der Waals surface area contributed by atoms with Gasteiger partial charge in [0.25, 0.3) is 0 Å². The molecule has 5 nitrogen and oxygen atoms in total. The molecule has 0 saturated heterocycles. The molecule has 4 heterocycles. The number of hydrogen-bond acceptors (Lipinski definition) is 3. The smallest absolute Gasteiger partial charge is 0.155 e. The Balaban J connectivity index is 1.77. The molecule has 5 rings (SSSR count). The highest BCUT2D eigenvalue weighted by molar-refractivity contribution is 6.32. The molecule has 26 heavy (non-hydrogen) atoms. The second-order valence-electron chi connectivity index (χ2n) is 6.89. The number of aryl methyl sites for hydroxylation is 3. The van der Waals surface area contributed by atoms with Crippen molar-refractivity contribution in [3.05, 3.63) is 58.8 Å². The van der Waals surface area contributed by atoms with E-state index in [1.807, 2.05) is 30.6 Å². The zero-order chi connectivity index (χ0) is 17.8. The number of benzene rings is 1. The van der Waals surface area contributed by atoms with Crippen molar-refractivity contribution in [1.29, 1.82) is 0 Å². The fourth-order valence-electron chi connectivity index (χ4n) is 3.86. The fourth-order valence-corrected chi connectivity index (χ4v) is 3.97. The fraction of sp³-hybridized carbons (Fsp3) is 0.250. The maximum absolute atomic E-state index is 6.38. The summed E-state index contributed by atoms with van der Waals surface area (Å²) < 4.78 is 4.15. The van der Waals surface area contributed by atoms with Crippen LogP contribution in [0.25, 0.3) is 28.2 Å². The topological polar surface area (TPSA) is 48.0 Å². The van der Waals surface area contributed by atoms with Crippen LogP contribution in [0.5, 0.6) is 0 Å². The monoisotopic (exact) mass is 363 g/mol. The molecule has 1 aliphatic rings. The number of fused-ring (bicyclic) bond motifs is 2. The third kappa shape index (κ3) is 2.27. The van der Waals surface area contributed by atoms with Gasteiger partial charge >= 0.3 is 0 Å². The van der Waals surface area contributed by atoms with Crippen LogP contribution in [-0.2, 0) is 13.0 Å². The molecule has 130 valence electrons. The van der Waals surface area contributed by atoms with Crippen molar-refractivity contribution < 1.29 is 0 Å². The first-order valence-corrected chi connectivity index (χ1v) is 9.16. The standard InChI is InChI=1S/C20H18ClN5/c1-12-8-15(9-13(2)18(12)21)19-20(25-7-3-4-17(25)24-19)14-5-6-16-22-11-23-26(16)10-14/h5-6,8-11H,3-4,7H2,1-2H3. The predicted octanol–water partition coefficient (Wildman–Crippen LogP) is 4.48. The van der Waals surface area contributed by atoms with Crippen LogP contribution in [0.2, 0.25) is 5.02 Å². The first-order valence-electron chi connectivity index (χ1n) is 8.78. The van der Waals surface area contributed by atoms with Crippen molar-refractivity contribution in [1.82, 2.24) is 24.1 Å². The molecule has 0 unspecified atom stereocenters. The molecule has 0 saturated carbocycles. The van der Waals surface area contributed by atoms with E-state index in [4.69, 9.17) is 16.6 Å². The number of aromatic nitrogens is 5. The van der Waals surface area contributed by atoms with Crippen LogP contribution in [0.15, 0.2) is 36.8 Å². The Morgan fingerprint density at radius 1 is 1.08 bits per heavy atom. The summed E-state index contributed by atoms with van der Waals surface area (Å²) in [7, 11) is 0. The number of halogens is 1. The van der Waals surface area contributed by atoms with Gasteiger partial charge in [-0.25, -0.2) is 14.5 Å². The molecule has 0 fully saturated rings. The summed E-state index contributed by atoms with van der Waals surface area (Å²) in [6.07, 6.45) is 5.76. The lowest BCUT2D eigenvalue weighted by molar-refractivity contribution is 0.755. The Morgan fingerprint density at radius 3 is 2.69 bits per heavy atom. The first kappa shape index (κ1) is 15.6. The zero-order valence-corrected chi connectivity index (χ0v) is 15.5. The quantitative estimate of drug-likeness (QED) is 0.527. The Kier molecular flexibility index (Phi) is 3.40. The lowest BCUT2D eigenvalue weighted by Gasteiger charge is -2.11. The van der Waals surface area contributed by atoms with Gasteiger partial charge in [-0.05, 0) is 55.7 Å². The average molecular weight is 364 g/mol. The molecule has 0 aliphatic carbocycles. The highest BCUT2D eigenvalue weighted by atomic mass is 35.5. The van der Waals surface area contributed by atoms with Crippen LogP contribution in [-0.4, -0.2) is 24.1 Å². The minimum absolute atomic E-state index is 0.825. The van der Waals surface area contributed by atoms with E-state index in [1.165, 1.54) is 0 Å². The van der Waals surface area contributed by atoms with Crippen LogP contribution >= 0.6 is 11.6 Å². The minimum atomic E-state index is 0.825. The first-order chi connectivity index (χ1) is 12.6. The van der Waals surface area contributed by atoms with E-state index in [-0.39, 0.29) is 0 Å². The van der Waals surface area contributed by atoms with Crippen LogP contribution in [0.3, 0.4) is 0 Å². The van der Waals surface area contributed by atoms with Gasteiger partial charge in [-0.1, -0.05) is 11.6 Å². The molecule has 1 aliphatic heterocycles. The van der Waals surface area contributed by atoms with Crippen molar-refractivity contribution in [2.24, 2.45) is 0 Å². The maximum atomic E-state index is 6.38. The summed E-state index contributed by atoms with van der Waals surface area (Å²) in [5.41, 5.74) is 7.37. The van der Waals surface area contributed by atoms with Gasteiger partial charge in [0, 0.05) is 35.3 Å². The molecule has 3 aromatic heterocycles. The van der Waals surface area contributed by atoms with Crippen LogP contribution in [0.1, 0.15) is 23.4 Å². The highest BCUT2D eigenvalue weighted by Crippen LogP contribution is 2.37. The molecular weight excluding hydrogens is 346 g/mol. The van der Waals surface area contributed by atoms with Crippen LogP contribution in [0.4, 0.5) is 0 Å². The zero-order valence-electron chi connectivity index (χ0n) is 14.7. The normalized spacial score (nSPS) is 13.5. The Morgan fingerprint density at radius 2 is 1.88 bits per heavy atom. The van der Waals surface area contributed by atoms with Gasteiger partial charge in [0.1, 0.15) is 12.2 Å². The number of nitrogens with zero attached hydrogens (tertiary/aromatic N) is 5. The second-order valence-corrected chi connectivity index (χ2v) is 7.26. The summed E-state index contributed by atoms with van der Waals surface area (Å²) in [6, 6.07) is 8.36. The highest BCUT2D eigenvalue weighted by Gasteiger charge is 2.24. The van der Waals surface area contributed by atoms with E-state index < -0.39 is 0 Å². The van der Waals surface area contributed by atoms with Crippen molar-refractivity contribution in [2.45, 2.75) is 33.2 Å². The maximum Gasteiger partial charge on any atom is 0.155 e. The van der Waals surface area contributed by atoms with Gasteiger partial charge in [0.05, 0.1) is 11.4 Å². The minimum Gasteiger partial charge on any atom is -0.327 e. The average Bonchev–Trinajstić information content (AvgIpc) is 3.33. The van der Waals surface area contributed by atoms with Crippen LogP contribution in [0, 0.1) is 13.8 Å². The number of hydrogen-bond donors (Lipinski definition) is 0. The van der Waals surface area contributed by atoms with E-state index in [0.29, 0.717) is 0 Å². The van der Waals surface area contributed by atoms with Crippen LogP contribution < -0.4 is 0 Å². The summed E-state index contributed by atoms with van der Waals surface area (Å²) >= 11 is 6.38. The van der Waals surface area contributed by atoms with E-state index >= 15 is 0 Å². The molecule has 6 heteroatoms. The summed E-state index contributed by atoms with van der Waals surface area (Å²) in [4.78, 5) is 9.23. The van der Waals surface area contributed by atoms with Gasteiger partial charge < -0.3 is 4.57 Å². The Bertz CT molecular complexity index is 1130. The van der Waals surface area contributed by atoms with Gasteiger partial charge in [-0.15, -0.1) is 0 Å². The summed E-state index contributed by atoms with van der Waals surface area (Å²) in [5, 5.41) is 5.11. The molecule has 4 aromatic rings. The molecule has 0 atom stereocenters. The number of imidazole rings is 1. The second kappa shape index (κ2) is 5.68. The Labute approximate surface area is 156 Å². The molecule has 0 spiro atoms. The third-order valence-corrected chi connectivity index (χ3v) is 5.68. The summed E-state index contributed by atoms with van der Waals surface area (Å²) in [5.74, 6) is 1.15. The molecule has 0 radical (unpaired) electrons. The van der Waals surface area contributed by atoms with Crippen molar-refractivity contribution >= 4 is 17.2 Å². The molecule has 1 aromatic carbocycles. The van der Waals surface area contributed by atoms with E-state index in [2.05, 4.69) is 32.8 Å². The number of pyridine rings is 1. The molecule has 0 amide bonds. The predicted molar refractivity (Wildman–Crippen MR) is 102 cm³/mol. The van der Waals surface area contributed by atoms with Gasteiger partial charge in [-0.2, -0.15) is 5.10 Å². The van der Waals surface area contributed by atoms with E-state index in [9.17, 15) is 0 Å². The lowest BCUT2D eigenvalue weighted by atomic mass is 10.0. The van der Waals surface area contributed by atoms with E-state index in [0.717, 1.165) is 69.5 Å². The van der Waals surface area contributed by atoms with E-state index in [1.54, 1.807) is 6.33 Å². The lowest BCUT2D eigenvalue weighted by Crippen LogP contribution is -1.98. The SMILES string of the molecule is Cc1cc(-c2nc3n(c2-c2ccc4ncnn4c2)CCC3)cc(C)c1Cl. The summed E-state index contributed by atoms with van der Waals surface area (Å²) in [6.45, 7) is 5.09. The van der Waals surface area contributed by atoms with Gasteiger partial charge in [0.15, 0.2) is 5.65 Å². The third-order valence-electron chi connectivity index (χ3n) is 5.09. The van der Waals surface area contributed by atoms with Gasteiger partial charge in [-0.3, -0.25) is 0 Å². The molecule has 0 N–H and O–H groups in total. The van der Waals surface area contributed by atoms with Crippen molar-refractivity contribution in [3.63, 3.8) is 0 Å². The molecule has 0 bridgehead atoms.